The number of alkyl halides is 2. The Labute approximate surface area is 64.8 Å². The van der Waals surface area contributed by atoms with Crippen LogP contribution in [0.5, 0.6) is 0 Å². The van der Waals surface area contributed by atoms with Crippen molar-refractivity contribution in [3.05, 3.63) is 13.2 Å². The number of carboxylic acid groups (broad SMARTS) is 1. The molecule has 0 bridgehead atoms. The van der Waals surface area contributed by atoms with E-state index in [0.29, 0.717) is 0 Å². The molecule has 0 unspecified atom stereocenters. The third kappa shape index (κ3) is 9.48. The van der Waals surface area contributed by atoms with Crippen molar-refractivity contribution in [2.75, 3.05) is 0 Å². The van der Waals surface area contributed by atoms with Gasteiger partial charge in [0.05, 0.1) is 0 Å². The summed E-state index contributed by atoms with van der Waals surface area (Å²) in [4.78, 5) is 9.61. The smallest absolute Gasteiger partial charge is 0.328 e. The molecular weight excluding hydrogens is 240 g/mol. The van der Waals surface area contributed by atoms with Gasteiger partial charge in [-0.25, -0.2) is 0 Å². The number of hydrogen-bond acceptors (Lipinski definition) is 1. The molecule has 0 rings (SSSR count). The highest BCUT2D eigenvalue weighted by molar-refractivity contribution is 9.25. The average molecular weight is 246 g/mol. The van der Waals surface area contributed by atoms with Crippen LogP contribution >= 0.6 is 31.9 Å². The van der Waals surface area contributed by atoms with Gasteiger partial charge in [0.15, 0.2) is 3.74 Å². The minimum atomic E-state index is -0.907. The van der Waals surface area contributed by atoms with Crippen LogP contribution in [0.3, 0.4) is 0 Å². The maximum absolute atomic E-state index is 9.61. The molecule has 0 aromatic heterocycles. The fraction of sp³-hybridized carbons (Fsp3) is 0.250. The van der Waals surface area contributed by atoms with E-state index in [1.807, 2.05) is 0 Å². The molecule has 0 radical (unpaired) electrons. The zero-order chi connectivity index (χ0) is 7.15. The first-order valence-electron chi connectivity index (χ1n) is 1.65. The molecule has 0 saturated carbocycles. The summed E-state index contributed by atoms with van der Waals surface area (Å²) in [5, 5.41) is 7.90. The standard InChI is InChI=1S/C2H2Br2O2.C2H4/c3-1(4)2(5)6;1-2/h1H,(H,5,6);1-2H2. The molecule has 0 aliphatic rings. The van der Waals surface area contributed by atoms with Gasteiger partial charge < -0.3 is 5.11 Å². The van der Waals surface area contributed by atoms with Crippen LogP contribution in [-0.4, -0.2) is 14.8 Å². The summed E-state index contributed by atoms with van der Waals surface area (Å²) in [5.41, 5.74) is 0. The second kappa shape index (κ2) is 7.17. The molecule has 8 heavy (non-hydrogen) atoms. The van der Waals surface area contributed by atoms with E-state index >= 15 is 0 Å². The highest BCUT2D eigenvalue weighted by atomic mass is 79.9. The summed E-state index contributed by atoms with van der Waals surface area (Å²) in [6.45, 7) is 6.00. The first-order valence-corrected chi connectivity index (χ1v) is 3.48. The van der Waals surface area contributed by atoms with E-state index < -0.39 is 9.71 Å². The Morgan fingerprint density at radius 3 is 1.62 bits per heavy atom. The molecule has 1 N–H and O–H groups in total. The predicted octanol–water partition coefficient (Wildman–Crippen LogP) is 1.99. The number of aliphatic carboxylic acids is 1. The van der Waals surface area contributed by atoms with E-state index in [1.165, 1.54) is 0 Å². The second-order valence-corrected chi connectivity index (χ2v) is 3.70. The van der Waals surface area contributed by atoms with Gasteiger partial charge in [-0.3, -0.25) is 4.79 Å². The van der Waals surface area contributed by atoms with Gasteiger partial charge in [0.2, 0.25) is 0 Å². The summed E-state index contributed by atoms with van der Waals surface area (Å²) in [6.07, 6.45) is 0. The van der Waals surface area contributed by atoms with E-state index in [4.69, 9.17) is 5.11 Å². The zero-order valence-electron chi connectivity index (χ0n) is 4.10. The topological polar surface area (TPSA) is 37.3 Å². The monoisotopic (exact) mass is 244 g/mol. The average Bonchev–Trinajstić information content (AvgIpc) is 1.72. The number of carbonyl (C=O) groups is 1. The Balaban J connectivity index is 0. The molecule has 0 aromatic rings. The van der Waals surface area contributed by atoms with Gasteiger partial charge in [-0.1, -0.05) is 31.9 Å². The molecule has 4 heteroatoms. The lowest BCUT2D eigenvalue weighted by Crippen LogP contribution is -2.02. The quantitative estimate of drug-likeness (QED) is 0.567. The molecule has 0 heterocycles. The molecule has 0 atom stereocenters. The van der Waals surface area contributed by atoms with Crippen molar-refractivity contribution in [3.63, 3.8) is 0 Å². The van der Waals surface area contributed by atoms with Gasteiger partial charge in [-0.05, 0) is 0 Å². The van der Waals surface area contributed by atoms with Crippen LogP contribution in [0.25, 0.3) is 0 Å². The Kier molecular flexibility index (Phi) is 9.89. The molecule has 0 aliphatic carbocycles. The van der Waals surface area contributed by atoms with Crippen molar-refractivity contribution in [2.24, 2.45) is 0 Å². The lowest BCUT2D eigenvalue weighted by atomic mass is 10.8. The Morgan fingerprint density at radius 2 is 1.62 bits per heavy atom. The Hall–Kier alpha value is 0.170. The summed E-state index contributed by atoms with van der Waals surface area (Å²) in [5.74, 6) is -0.907. The molecule has 0 spiro atoms. The summed E-state index contributed by atoms with van der Waals surface area (Å²) in [6, 6.07) is 0. The largest absolute Gasteiger partial charge is 0.480 e. The van der Waals surface area contributed by atoms with Gasteiger partial charge in [0.25, 0.3) is 0 Å². The van der Waals surface area contributed by atoms with E-state index in [1.54, 1.807) is 0 Å². The zero-order valence-corrected chi connectivity index (χ0v) is 7.27. The number of carboxylic acids is 1. The molecule has 2 nitrogen and oxygen atoms in total. The van der Waals surface area contributed by atoms with Crippen molar-refractivity contribution in [1.82, 2.24) is 0 Å². The van der Waals surface area contributed by atoms with Gasteiger partial charge in [0, 0.05) is 0 Å². The van der Waals surface area contributed by atoms with Gasteiger partial charge in [-0.15, -0.1) is 13.2 Å². The lowest BCUT2D eigenvalue weighted by molar-refractivity contribution is -0.134. The second-order valence-electron chi connectivity index (χ2n) is 0.639. The van der Waals surface area contributed by atoms with Crippen LogP contribution in [-0.2, 0) is 4.79 Å². The Morgan fingerprint density at radius 1 is 1.50 bits per heavy atom. The summed E-state index contributed by atoms with van der Waals surface area (Å²) < 4.78 is -0.606. The molecule has 0 fully saturated rings. The van der Waals surface area contributed by atoms with Crippen LogP contribution in [0, 0.1) is 0 Å². The number of halogens is 2. The van der Waals surface area contributed by atoms with Gasteiger partial charge in [-0.2, -0.15) is 0 Å². The number of hydrogen-bond donors (Lipinski definition) is 1. The first-order chi connectivity index (χ1) is 3.64. The van der Waals surface area contributed by atoms with Crippen LogP contribution in [0.15, 0.2) is 13.2 Å². The fourth-order valence-corrected chi connectivity index (χ4v) is 0. The number of rotatable bonds is 1. The van der Waals surface area contributed by atoms with Crippen molar-refractivity contribution in [2.45, 2.75) is 3.74 Å². The predicted molar refractivity (Wildman–Crippen MR) is 40.5 cm³/mol. The maximum Gasteiger partial charge on any atom is 0.328 e. The molecule has 0 saturated heterocycles. The SMILES string of the molecule is C=C.O=C(O)C(Br)Br. The van der Waals surface area contributed by atoms with Crippen molar-refractivity contribution < 1.29 is 9.90 Å². The molecule has 48 valence electrons. The molecule has 0 aliphatic heterocycles. The van der Waals surface area contributed by atoms with Crippen LogP contribution in [0.2, 0.25) is 0 Å². The molecule has 0 amide bonds. The molecular formula is C4H6Br2O2. The van der Waals surface area contributed by atoms with Crippen LogP contribution < -0.4 is 0 Å². The fourth-order valence-electron chi connectivity index (χ4n) is 0. The summed E-state index contributed by atoms with van der Waals surface area (Å²) >= 11 is 5.51. The third-order valence-electron chi connectivity index (χ3n) is 0.187. The van der Waals surface area contributed by atoms with E-state index in [9.17, 15) is 4.79 Å². The van der Waals surface area contributed by atoms with E-state index in [-0.39, 0.29) is 0 Å². The normalized spacial score (nSPS) is 7.38. The van der Waals surface area contributed by atoms with Gasteiger partial charge >= 0.3 is 5.97 Å². The van der Waals surface area contributed by atoms with E-state index in [2.05, 4.69) is 45.0 Å². The highest BCUT2D eigenvalue weighted by Gasteiger charge is 2.04. The van der Waals surface area contributed by atoms with Crippen LogP contribution in [0.1, 0.15) is 0 Å². The van der Waals surface area contributed by atoms with Crippen molar-refractivity contribution >= 4 is 37.8 Å². The molecule has 0 aromatic carbocycles. The Bertz CT molecular complexity index is 72.4. The lowest BCUT2D eigenvalue weighted by Gasteiger charge is -1.84. The van der Waals surface area contributed by atoms with Crippen LogP contribution in [0.4, 0.5) is 0 Å². The maximum atomic E-state index is 9.61. The summed E-state index contributed by atoms with van der Waals surface area (Å²) in [7, 11) is 0. The highest BCUT2D eigenvalue weighted by Crippen LogP contribution is 2.05. The minimum absolute atomic E-state index is 0.606. The van der Waals surface area contributed by atoms with E-state index in [0.717, 1.165) is 0 Å². The van der Waals surface area contributed by atoms with Gasteiger partial charge in [0.1, 0.15) is 0 Å². The van der Waals surface area contributed by atoms with Crippen molar-refractivity contribution in [1.29, 1.82) is 0 Å². The minimum Gasteiger partial charge on any atom is -0.480 e. The first kappa shape index (κ1) is 11.0. The third-order valence-corrected chi connectivity index (χ3v) is 0.970. The van der Waals surface area contributed by atoms with Crippen molar-refractivity contribution in [3.8, 4) is 0 Å².